The third-order valence-electron chi connectivity index (χ3n) is 5.62. The van der Waals surface area contributed by atoms with Crippen molar-refractivity contribution in [2.45, 2.75) is 52.6 Å². The lowest BCUT2D eigenvalue weighted by Gasteiger charge is -2.20. The Balaban J connectivity index is 1.85. The van der Waals surface area contributed by atoms with E-state index in [1.54, 1.807) is 4.90 Å². The van der Waals surface area contributed by atoms with Gasteiger partial charge in [0, 0.05) is 24.5 Å². The molecule has 3 aromatic rings. The van der Waals surface area contributed by atoms with Gasteiger partial charge in [-0.2, -0.15) is 0 Å². The molecule has 1 saturated heterocycles. The van der Waals surface area contributed by atoms with Gasteiger partial charge >= 0.3 is 5.69 Å². The summed E-state index contributed by atoms with van der Waals surface area (Å²) in [6.07, 6.45) is 4.11. The summed E-state index contributed by atoms with van der Waals surface area (Å²) in [4.78, 5) is 51.1. The predicted octanol–water partition coefficient (Wildman–Crippen LogP) is 2.15. The number of carbonyl (C=O) groups excluding carboxylic acids is 2. The fourth-order valence-corrected chi connectivity index (χ4v) is 4.84. The van der Waals surface area contributed by atoms with E-state index in [0.29, 0.717) is 31.1 Å². The van der Waals surface area contributed by atoms with E-state index in [1.807, 2.05) is 26.0 Å². The first-order valence-electron chi connectivity index (χ1n) is 10.6. The van der Waals surface area contributed by atoms with Crippen molar-refractivity contribution < 1.29 is 9.59 Å². The van der Waals surface area contributed by atoms with Crippen molar-refractivity contribution in [3.8, 4) is 10.7 Å². The van der Waals surface area contributed by atoms with Crippen LogP contribution in [0.5, 0.6) is 0 Å². The van der Waals surface area contributed by atoms with Crippen LogP contribution in [0, 0.1) is 6.92 Å². The second-order valence-electron chi connectivity index (χ2n) is 7.75. The van der Waals surface area contributed by atoms with Crippen LogP contribution in [0.2, 0.25) is 0 Å². The Labute approximate surface area is 183 Å². The summed E-state index contributed by atoms with van der Waals surface area (Å²) >= 11 is 1.49. The number of hydrogen-bond donors (Lipinski definition) is 1. The zero-order valence-corrected chi connectivity index (χ0v) is 18.6. The summed E-state index contributed by atoms with van der Waals surface area (Å²) in [6, 6.07) is 3.82. The molecule has 2 amide bonds. The second-order valence-corrected chi connectivity index (χ2v) is 9.04. The smallest absolute Gasteiger partial charge is 0.330 e. The minimum Gasteiger partial charge on any atom is -0.364 e. The number of nitrogens with zero attached hydrogens (tertiary/aromatic N) is 5. The first-order chi connectivity index (χ1) is 14.9. The van der Waals surface area contributed by atoms with E-state index < -0.39 is 11.6 Å². The van der Waals surface area contributed by atoms with Crippen molar-refractivity contribution in [2.24, 2.45) is 5.73 Å². The fourth-order valence-electron chi connectivity index (χ4n) is 4.04. The molecule has 31 heavy (non-hydrogen) atoms. The fraction of sp³-hybridized carbons (Fsp3) is 0.476. The summed E-state index contributed by atoms with van der Waals surface area (Å²) in [5.41, 5.74) is 5.76. The molecule has 0 atom stereocenters. The van der Waals surface area contributed by atoms with Gasteiger partial charge in [-0.25, -0.2) is 14.8 Å². The standard InChI is InChI=1S/C21H26N6O3S/c1-3-26-20-17(16(18(22)29)23-19(24-20)14-9-8-13(2)31-14)27(21(26)30)12-15(28)25-10-6-4-5-7-11-25/h8-9H,3-7,10-12H2,1-2H3,(H2,22,29). The van der Waals surface area contributed by atoms with Crippen molar-refractivity contribution >= 4 is 34.3 Å². The molecule has 4 heterocycles. The summed E-state index contributed by atoms with van der Waals surface area (Å²) in [5, 5.41) is 0. The number of likely N-dealkylation sites (tertiary alicyclic amines) is 1. The highest BCUT2D eigenvalue weighted by atomic mass is 32.1. The number of thiophene rings is 1. The van der Waals surface area contributed by atoms with Gasteiger partial charge in [-0.05, 0) is 38.8 Å². The Morgan fingerprint density at radius 1 is 1.10 bits per heavy atom. The summed E-state index contributed by atoms with van der Waals surface area (Å²) < 4.78 is 2.76. The van der Waals surface area contributed by atoms with Crippen molar-refractivity contribution in [3.63, 3.8) is 0 Å². The highest BCUT2D eigenvalue weighted by molar-refractivity contribution is 7.15. The highest BCUT2D eigenvalue weighted by Gasteiger charge is 2.26. The molecule has 0 saturated carbocycles. The normalized spacial score (nSPS) is 14.7. The van der Waals surface area contributed by atoms with Crippen LogP contribution >= 0.6 is 11.3 Å². The maximum Gasteiger partial charge on any atom is 0.330 e. The highest BCUT2D eigenvalue weighted by Crippen LogP contribution is 2.27. The van der Waals surface area contributed by atoms with Crippen molar-refractivity contribution in [3.05, 3.63) is 33.2 Å². The Kier molecular flexibility index (Phi) is 5.90. The van der Waals surface area contributed by atoms with Gasteiger partial charge in [0.15, 0.2) is 17.2 Å². The number of fused-ring (bicyclic) bond motifs is 1. The second kappa shape index (κ2) is 8.62. The van der Waals surface area contributed by atoms with Crippen molar-refractivity contribution in [1.29, 1.82) is 0 Å². The van der Waals surface area contributed by atoms with E-state index in [9.17, 15) is 14.4 Å². The van der Waals surface area contributed by atoms with Crippen LogP contribution in [0.25, 0.3) is 21.9 Å². The molecule has 1 aliphatic rings. The lowest BCUT2D eigenvalue weighted by molar-refractivity contribution is -0.131. The molecule has 3 aromatic heterocycles. The first kappa shape index (κ1) is 21.2. The minimum absolute atomic E-state index is 0.0426. The average molecular weight is 443 g/mol. The zero-order chi connectivity index (χ0) is 22.1. The third-order valence-corrected chi connectivity index (χ3v) is 6.61. The molecule has 1 fully saturated rings. The summed E-state index contributed by atoms with van der Waals surface area (Å²) in [7, 11) is 0. The molecule has 10 heteroatoms. The quantitative estimate of drug-likeness (QED) is 0.650. The maximum absolute atomic E-state index is 13.2. The molecule has 0 bridgehead atoms. The van der Waals surface area contributed by atoms with Gasteiger partial charge in [0.25, 0.3) is 5.91 Å². The average Bonchev–Trinajstić information content (AvgIpc) is 3.15. The van der Waals surface area contributed by atoms with Gasteiger partial charge < -0.3 is 10.6 Å². The number of nitrogens with two attached hydrogens (primary N) is 1. The number of imidazole rings is 1. The van der Waals surface area contributed by atoms with Crippen LogP contribution in [-0.2, 0) is 17.9 Å². The number of primary amides is 1. The van der Waals surface area contributed by atoms with Crippen LogP contribution in [0.4, 0.5) is 0 Å². The first-order valence-corrected chi connectivity index (χ1v) is 11.4. The molecule has 164 valence electrons. The Hall–Kier alpha value is -3.01. The van der Waals surface area contributed by atoms with Gasteiger partial charge in [0.1, 0.15) is 12.1 Å². The number of hydrogen-bond acceptors (Lipinski definition) is 6. The lowest BCUT2D eigenvalue weighted by atomic mass is 10.2. The molecule has 0 radical (unpaired) electrons. The Bertz CT molecular complexity index is 1200. The molecule has 0 unspecified atom stereocenters. The van der Waals surface area contributed by atoms with Crippen LogP contribution in [0.15, 0.2) is 16.9 Å². The SMILES string of the molecule is CCn1c(=O)n(CC(=O)N2CCCCCC2)c2c(C(N)=O)nc(-c3ccc(C)s3)nc21. The largest absolute Gasteiger partial charge is 0.364 e. The Morgan fingerprint density at radius 3 is 2.39 bits per heavy atom. The van der Waals surface area contributed by atoms with Gasteiger partial charge in [0.05, 0.1) is 4.88 Å². The van der Waals surface area contributed by atoms with Gasteiger partial charge in [0.2, 0.25) is 5.91 Å². The topological polar surface area (TPSA) is 116 Å². The maximum atomic E-state index is 13.2. The van der Waals surface area contributed by atoms with Crippen LogP contribution in [-0.4, -0.2) is 48.9 Å². The number of carbonyl (C=O) groups is 2. The molecule has 4 rings (SSSR count). The van der Waals surface area contributed by atoms with Crippen LogP contribution in [0.1, 0.15) is 48.0 Å². The van der Waals surface area contributed by atoms with E-state index in [0.717, 1.165) is 35.4 Å². The number of aryl methyl sites for hydroxylation is 2. The molecular weight excluding hydrogens is 416 g/mol. The zero-order valence-electron chi connectivity index (χ0n) is 17.8. The molecule has 0 aliphatic carbocycles. The van der Waals surface area contributed by atoms with E-state index in [2.05, 4.69) is 9.97 Å². The van der Waals surface area contributed by atoms with Crippen LogP contribution in [0.3, 0.4) is 0 Å². The predicted molar refractivity (Wildman–Crippen MR) is 119 cm³/mol. The summed E-state index contributed by atoms with van der Waals surface area (Å²) in [6.45, 7) is 5.33. The van der Waals surface area contributed by atoms with Crippen molar-refractivity contribution in [2.75, 3.05) is 13.1 Å². The monoisotopic (exact) mass is 442 g/mol. The molecule has 1 aliphatic heterocycles. The van der Waals surface area contributed by atoms with E-state index >= 15 is 0 Å². The minimum atomic E-state index is -0.758. The van der Waals surface area contributed by atoms with Gasteiger partial charge in [-0.1, -0.05) is 12.8 Å². The molecule has 0 spiro atoms. The van der Waals surface area contributed by atoms with Gasteiger partial charge in [-0.3, -0.25) is 18.7 Å². The van der Waals surface area contributed by atoms with Crippen molar-refractivity contribution in [1.82, 2.24) is 24.0 Å². The molecular formula is C21H26N6O3S. The molecule has 2 N–H and O–H groups in total. The molecule has 0 aromatic carbocycles. The van der Waals surface area contributed by atoms with E-state index in [1.165, 1.54) is 20.5 Å². The van der Waals surface area contributed by atoms with Gasteiger partial charge in [-0.15, -0.1) is 11.3 Å². The third kappa shape index (κ3) is 3.99. The summed E-state index contributed by atoms with van der Waals surface area (Å²) in [5.74, 6) is -0.559. The number of rotatable bonds is 5. The van der Waals surface area contributed by atoms with E-state index in [4.69, 9.17) is 5.73 Å². The lowest BCUT2D eigenvalue weighted by Crippen LogP contribution is -2.37. The Morgan fingerprint density at radius 2 is 1.81 bits per heavy atom. The number of aromatic nitrogens is 4. The number of amides is 2. The van der Waals surface area contributed by atoms with Crippen LogP contribution < -0.4 is 11.4 Å². The van der Waals surface area contributed by atoms with E-state index in [-0.39, 0.29) is 23.7 Å². The molecule has 9 nitrogen and oxygen atoms in total.